The Morgan fingerprint density at radius 1 is 0.779 bits per heavy atom. The number of carbonyl (C=O) groups excluding carboxylic acids is 6. The summed E-state index contributed by atoms with van der Waals surface area (Å²) in [7, 11) is 0. The molecule has 0 aliphatic carbocycles. The van der Waals surface area contributed by atoms with Gasteiger partial charge in [-0.1, -0.05) is 90.3 Å². The number of piperidine rings is 1. The van der Waals surface area contributed by atoms with E-state index < -0.39 is 54.2 Å². The maximum Gasteiger partial charge on any atom is 0.264 e. The summed E-state index contributed by atoms with van der Waals surface area (Å²) >= 11 is 0. The second-order valence-electron chi connectivity index (χ2n) is 22.3. The van der Waals surface area contributed by atoms with E-state index in [1.54, 1.807) is 29.1 Å². The summed E-state index contributed by atoms with van der Waals surface area (Å²) in [4.78, 5) is 92.4. The van der Waals surface area contributed by atoms with Crippen molar-refractivity contribution >= 4 is 63.7 Å². The summed E-state index contributed by atoms with van der Waals surface area (Å²) in [6.45, 7) is 13.0. The van der Waals surface area contributed by atoms with E-state index in [1.165, 1.54) is 11.9 Å². The zero-order valence-corrected chi connectivity index (χ0v) is 45.9. The Morgan fingerprint density at radius 2 is 1.43 bits per heavy atom. The normalized spacial score (nSPS) is 19.6. The number of aromatic nitrogens is 4. The van der Waals surface area contributed by atoms with Gasteiger partial charge in [-0.25, -0.2) is 15.0 Å². The number of imidazole rings is 1. The van der Waals surface area contributed by atoms with E-state index in [4.69, 9.17) is 4.74 Å². The van der Waals surface area contributed by atoms with E-state index >= 15 is 0 Å². The van der Waals surface area contributed by atoms with E-state index in [0.29, 0.717) is 80.3 Å². The van der Waals surface area contributed by atoms with Crippen LogP contribution >= 0.6 is 0 Å². The van der Waals surface area contributed by atoms with Crippen molar-refractivity contribution in [1.82, 2.24) is 34.6 Å². The molecule has 0 bridgehead atoms. The van der Waals surface area contributed by atoms with Gasteiger partial charge < -0.3 is 30.9 Å². The highest BCUT2D eigenvalue weighted by Crippen LogP contribution is 2.35. The smallest absolute Gasteiger partial charge is 0.264 e. The average molecular weight is 1060 g/mol. The van der Waals surface area contributed by atoms with Crippen molar-refractivity contribution < 1.29 is 43.7 Å². The number of ketones is 1. The molecule has 6 N–H and O–H groups in total. The number of anilines is 3. The van der Waals surface area contributed by atoms with Gasteiger partial charge >= 0.3 is 0 Å². The fourth-order valence-electron chi connectivity index (χ4n) is 10.5. The molecule has 19 heteroatoms. The number of amides is 5. The third-order valence-electron chi connectivity index (χ3n) is 15.1. The van der Waals surface area contributed by atoms with Crippen molar-refractivity contribution in [3.8, 4) is 0 Å². The fraction of sp³-hybridized carbons (Fsp3) is 0.603. The van der Waals surface area contributed by atoms with Gasteiger partial charge in [0.2, 0.25) is 17.7 Å². The molecule has 4 aromatic rings. The molecule has 3 aliphatic heterocycles. The van der Waals surface area contributed by atoms with Crippen LogP contribution in [0.5, 0.6) is 0 Å². The summed E-state index contributed by atoms with van der Waals surface area (Å²) in [5.41, 5.74) is 4.20. The monoisotopic (exact) mass is 1060 g/mol. The Kier molecular flexibility index (Phi) is 21.2. The van der Waals surface area contributed by atoms with Crippen LogP contribution < -0.4 is 21.3 Å². The van der Waals surface area contributed by atoms with Crippen LogP contribution in [0.2, 0.25) is 0 Å². The Morgan fingerprint density at radius 3 is 2.10 bits per heavy atom. The van der Waals surface area contributed by atoms with Crippen LogP contribution in [0.25, 0.3) is 11.2 Å². The molecule has 418 valence electrons. The van der Waals surface area contributed by atoms with Crippen LogP contribution in [0.15, 0.2) is 55.1 Å². The standard InChI is InChI=1S/C58H82N10O9/c1-38(2)66(34-19-16-25-46(70)64-40-28-26-39(27-29-40)58(3,4)5)35-45-50(72)51(73)57(77-45)67-37-63-49-52(61-36-62-53(49)67)60-33-18-13-15-22-41(69)21-14-11-9-7-6-8-10-12-17-32-59-43-24-20-23-42-48(43)56(76)68(55(42)75)44-30-31-47(71)65-54(44)74/h20,23-24,26-29,36-38,44-45,50-51,57,59,72-73H,6-19,21-22,25,30-35H2,1-5H3,(H,64,70)(H,60,61,62)(H,65,71,74)/t44?,45-,50?,51+,57-/m1/s1. The van der Waals surface area contributed by atoms with Crippen molar-refractivity contribution in [1.29, 1.82) is 0 Å². The maximum absolute atomic E-state index is 13.3. The van der Waals surface area contributed by atoms with Crippen LogP contribution in [-0.4, -0.2) is 131 Å². The van der Waals surface area contributed by atoms with Crippen molar-refractivity contribution in [3.63, 3.8) is 0 Å². The van der Waals surface area contributed by atoms with E-state index in [2.05, 4.69) is 87.9 Å². The predicted octanol–water partition coefficient (Wildman–Crippen LogP) is 8.22. The van der Waals surface area contributed by atoms with Crippen LogP contribution in [0, 0.1) is 0 Å². The molecule has 2 aromatic carbocycles. The number of nitrogens with zero attached hydrogens (tertiary/aromatic N) is 6. The molecular formula is C58H82N10O9. The summed E-state index contributed by atoms with van der Waals surface area (Å²) in [6, 6.07) is 12.3. The summed E-state index contributed by atoms with van der Waals surface area (Å²) in [6.07, 6.45) is 14.6. The number of benzene rings is 2. The Labute approximate surface area is 453 Å². The number of aliphatic hydroxyl groups excluding tert-OH is 2. The molecule has 5 heterocycles. The first-order valence-electron chi connectivity index (χ1n) is 28.2. The lowest BCUT2D eigenvalue weighted by molar-refractivity contribution is -0.136. The quantitative estimate of drug-likeness (QED) is 0.0205. The van der Waals surface area contributed by atoms with Gasteiger partial charge in [-0.05, 0) is 101 Å². The molecule has 2 unspecified atom stereocenters. The number of nitrogens with one attached hydrogen (secondary N) is 4. The van der Waals surface area contributed by atoms with Crippen LogP contribution in [0.4, 0.5) is 17.2 Å². The molecule has 77 heavy (non-hydrogen) atoms. The first-order valence-corrected chi connectivity index (χ1v) is 28.2. The third kappa shape index (κ3) is 15.8. The van der Waals surface area contributed by atoms with Gasteiger partial charge in [0.25, 0.3) is 11.8 Å². The van der Waals surface area contributed by atoms with Gasteiger partial charge in [0.1, 0.15) is 36.5 Å². The van der Waals surface area contributed by atoms with Gasteiger partial charge in [-0.2, -0.15) is 0 Å². The summed E-state index contributed by atoms with van der Waals surface area (Å²) in [5.74, 6) is -1.18. The number of fused-ring (bicyclic) bond motifs is 2. The maximum atomic E-state index is 13.3. The molecule has 0 spiro atoms. The van der Waals surface area contributed by atoms with Crippen molar-refractivity contribution in [2.75, 3.05) is 42.1 Å². The molecule has 2 fully saturated rings. The van der Waals surface area contributed by atoms with E-state index in [1.807, 2.05) is 12.1 Å². The van der Waals surface area contributed by atoms with Crippen LogP contribution in [0.1, 0.15) is 189 Å². The van der Waals surface area contributed by atoms with Crippen molar-refractivity contribution in [2.45, 2.75) is 199 Å². The SMILES string of the molecule is CC(C)N(CCCCC(=O)Nc1ccc(C(C)(C)C)cc1)C[C@H]1O[C@@H](n2cnc3c(NCCCCCC(=O)CCCCCCCCCCCNc4cccc5c4C(=O)N(C4CCC(=O)NC4=O)C5=O)ncnc32)[C@@H](O)C1O. The molecule has 5 atom stereocenters. The van der Waals surface area contributed by atoms with Crippen LogP contribution in [0.3, 0.4) is 0 Å². The minimum absolute atomic E-state index is 0.0222. The lowest BCUT2D eigenvalue weighted by Crippen LogP contribution is -2.54. The topological polar surface area (TPSA) is 250 Å². The first kappa shape index (κ1) is 58.5. The largest absolute Gasteiger partial charge is 0.387 e. The Balaban J connectivity index is 0.709. The van der Waals surface area contributed by atoms with Gasteiger partial charge in [0.05, 0.1) is 17.5 Å². The Hall–Kier alpha value is -6.15. The van der Waals surface area contributed by atoms with E-state index in [0.717, 1.165) is 94.1 Å². The summed E-state index contributed by atoms with van der Waals surface area (Å²) < 4.78 is 7.98. The average Bonchev–Trinajstić information content (AvgIpc) is 4.08. The Bertz CT molecular complexity index is 2650. The highest BCUT2D eigenvalue weighted by Gasteiger charge is 2.47. The third-order valence-corrected chi connectivity index (χ3v) is 15.1. The van der Waals surface area contributed by atoms with Gasteiger partial charge in [0.15, 0.2) is 23.2 Å². The van der Waals surface area contributed by atoms with Crippen LogP contribution in [-0.2, 0) is 29.3 Å². The lowest BCUT2D eigenvalue weighted by Gasteiger charge is -2.30. The number of hydrogen-bond acceptors (Lipinski definition) is 15. The molecule has 0 saturated carbocycles. The predicted molar refractivity (Wildman–Crippen MR) is 295 cm³/mol. The molecule has 3 aliphatic rings. The van der Waals surface area contributed by atoms with Gasteiger partial charge in [-0.3, -0.25) is 48.5 Å². The van der Waals surface area contributed by atoms with Gasteiger partial charge in [-0.15, -0.1) is 0 Å². The van der Waals surface area contributed by atoms with Crippen molar-refractivity contribution in [2.24, 2.45) is 0 Å². The van der Waals surface area contributed by atoms with E-state index in [-0.39, 0.29) is 41.3 Å². The second kappa shape index (κ2) is 27.9. The number of carbonyl (C=O) groups is 6. The van der Waals surface area contributed by atoms with Crippen molar-refractivity contribution in [3.05, 3.63) is 71.8 Å². The molecule has 2 aromatic heterocycles. The molecule has 19 nitrogen and oxygen atoms in total. The number of imide groups is 2. The highest BCUT2D eigenvalue weighted by atomic mass is 16.6. The number of unbranched alkanes of at least 4 members (excludes halogenated alkanes) is 11. The number of aliphatic hydroxyl groups is 2. The molecule has 0 radical (unpaired) electrons. The molecular weight excluding hydrogens is 981 g/mol. The number of hydrogen-bond donors (Lipinski definition) is 6. The first-order chi connectivity index (χ1) is 37.0. The minimum Gasteiger partial charge on any atom is -0.387 e. The number of Topliss-reactive ketones (excluding diaryl/α,β-unsaturated/α-hetero) is 1. The van der Waals surface area contributed by atoms with Gasteiger partial charge in [0, 0.05) is 62.7 Å². The lowest BCUT2D eigenvalue weighted by atomic mass is 9.87. The van der Waals surface area contributed by atoms with E-state index in [9.17, 15) is 39.0 Å². The highest BCUT2D eigenvalue weighted by molar-refractivity contribution is 6.25. The second-order valence-corrected chi connectivity index (χ2v) is 22.3. The molecule has 7 rings (SSSR count). The zero-order valence-electron chi connectivity index (χ0n) is 45.9. The molecule has 5 amide bonds. The summed E-state index contributed by atoms with van der Waals surface area (Å²) in [5, 5.41) is 34.3. The molecule has 2 saturated heterocycles. The number of rotatable bonds is 31. The fourth-order valence-corrected chi connectivity index (χ4v) is 10.5. The minimum atomic E-state index is -1.20. The number of ether oxygens (including phenoxy) is 1. The zero-order chi connectivity index (χ0) is 55.1.